The number of hydrogen-bond donors (Lipinski definition) is 2. The van der Waals surface area contributed by atoms with Gasteiger partial charge in [0, 0.05) is 0 Å². The zero-order valence-corrected chi connectivity index (χ0v) is 14.9. The Hall–Kier alpha value is -2.37. The number of carbonyl (C=O) groups excluding carboxylic acids is 3. The predicted octanol–water partition coefficient (Wildman–Crippen LogP) is 2.22. The molecule has 6 nitrogen and oxygen atoms in total. The van der Waals surface area contributed by atoms with Crippen molar-refractivity contribution < 1.29 is 14.4 Å². The van der Waals surface area contributed by atoms with Gasteiger partial charge in [0.05, 0.1) is 6.04 Å². The molecule has 1 aliphatic heterocycles. The molecule has 4 amide bonds. The van der Waals surface area contributed by atoms with Crippen LogP contribution in [-0.4, -0.2) is 34.8 Å². The Morgan fingerprint density at radius 1 is 1.28 bits per heavy atom. The summed E-state index contributed by atoms with van der Waals surface area (Å²) in [7, 11) is 0. The Kier molecular flexibility index (Phi) is 4.54. The Bertz CT molecular complexity index is 684. The van der Waals surface area contributed by atoms with Crippen molar-refractivity contribution in [3.8, 4) is 0 Å². The second kappa shape index (κ2) is 6.50. The van der Waals surface area contributed by atoms with Gasteiger partial charge in [-0.2, -0.15) is 0 Å². The van der Waals surface area contributed by atoms with Crippen molar-refractivity contribution >= 4 is 17.8 Å². The van der Waals surface area contributed by atoms with Crippen molar-refractivity contribution in [3.63, 3.8) is 0 Å². The van der Waals surface area contributed by atoms with Gasteiger partial charge >= 0.3 is 6.03 Å². The molecule has 2 fully saturated rings. The average molecular weight is 343 g/mol. The monoisotopic (exact) mass is 343 g/mol. The minimum Gasteiger partial charge on any atom is -0.347 e. The Balaban J connectivity index is 1.67. The lowest BCUT2D eigenvalue weighted by atomic mass is 9.95. The molecule has 3 rings (SSSR count). The molecule has 1 aromatic rings. The maximum Gasteiger partial charge on any atom is 0.325 e. The first kappa shape index (κ1) is 17.5. The number of nitrogens with zero attached hydrogens (tertiary/aromatic N) is 1. The van der Waals surface area contributed by atoms with E-state index in [4.69, 9.17) is 0 Å². The van der Waals surface area contributed by atoms with Crippen LogP contribution in [0.1, 0.15) is 45.2 Å². The molecule has 6 heteroatoms. The van der Waals surface area contributed by atoms with Crippen LogP contribution in [0.4, 0.5) is 4.79 Å². The molecule has 2 N–H and O–H groups in total. The first-order valence-corrected chi connectivity index (χ1v) is 8.81. The molecule has 0 bridgehead atoms. The summed E-state index contributed by atoms with van der Waals surface area (Å²) in [5.74, 6) is -0.252. The van der Waals surface area contributed by atoms with Crippen molar-refractivity contribution in [2.75, 3.05) is 6.54 Å². The van der Waals surface area contributed by atoms with Crippen molar-refractivity contribution in [1.82, 2.24) is 15.5 Å². The summed E-state index contributed by atoms with van der Waals surface area (Å²) in [5.41, 5.74) is 0.153. The topological polar surface area (TPSA) is 78.5 Å². The molecule has 2 atom stereocenters. The summed E-state index contributed by atoms with van der Waals surface area (Å²) >= 11 is 0. The largest absolute Gasteiger partial charge is 0.347 e. The van der Waals surface area contributed by atoms with Crippen LogP contribution >= 0.6 is 0 Å². The Morgan fingerprint density at radius 3 is 2.48 bits per heavy atom. The summed E-state index contributed by atoms with van der Waals surface area (Å²) in [4.78, 5) is 38.3. The molecule has 1 heterocycles. The number of benzene rings is 1. The van der Waals surface area contributed by atoms with E-state index in [1.807, 2.05) is 44.2 Å². The van der Waals surface area contributed by atoms with E-state index in [1.165, 1.54) is 0 Å². The maximum atomic E-state index is 12.6. The van der Waals surface area contributed by atoms with Crippen molar-refractivity contribution in [3.05, 3.63) is 35.9 Å². The van der Waals surface area contributed by atoms with Crippen LogP contribution < -0.4 is 10.6 Å². The molecule has 0 spiro atoms. The molecular formula is C19H25N3O3. The zero-order chi connectivity index (χ0) is 18.2. The summed E-state index contributed by atoms with van der Waals surface area (Å²) in [5, 5.41) is 5.72. The van der Waals surface area contributed by atoms with E-state index in [0.29, 0.717) is 0 Å². The molecular weight excluding hydrogens is 318 g/mol. The fourth-order valence-electron chi connectivity index (χ4n) is 3.45. The lowest BCUT2D eigenvalue weighted by Crippen LogP contribution is -2.47. The third-order valence-electron chi connectivity index (χ3n) is 5.14. The second-order valence-corrected chi connectivity index (χ2v) is 7.50. The molecule has 0 radical (unpaired) electrons. The lowest BCUT2D eigenvalue weighted by molar-refractivity contribution is -0.135. The number of hydrogen-bond acceptors (Lipinski definition) is 3. The van der Waals surface area contributed by atoms with Crippen LogP contribution in [0.15, 0.2) is 30.3 Å². The highest BCUT2D eigenvalue weighted by Crippen LogP contribution is 2.42. The standard InChI is InChI=1S/C19H25N3O3/c1-12(2)16(13-7-5-4-6-8-13)20-15(23)11-22-17(24)19(3,14-9-10-14)21-18(22)25/h4-8,12,14,16H,9-11H2,1-3H3,(H,20,23)(H,21,25). The van der Waals surface area contributed by atoms with Crippen molar-refractivity contribution in [2.24, 2.45) is 11.8 Å². The molecule has 2 aliphatic rings. The maximum absolute atomic E-state index is 12.6. The molecule has 1 saturated carbocycles. The fourth-order valence-corrected chi connectivity index (χ4v) is 3.45. The predicted molar refractivity (Wildman–Crippen MR) is 93.5 cm³/mol. The third-order valence-corrected chi connectivity index (χ3v) is 5.14. The van der Waals surface area contributed by atoms with Gasteiger partial charge in [0.2, 0.25) is 5.91 Å². The van der Waals surface area contributed by atoms with Crippen LogP contribution in [0.3, 0.4) is 0 Å². The van der Waals surface area contributed by atoms with E-state index in [9.17, 15) is 14.4 Å². The zero-order valence-electron chi connectivity index (χ0n) is 14.9. The number of amides is 4. The molecule has 134 valence electrons. The normalized spacial score (nSPS) is 24.4. The Labute approximate surface area is 148 Å². The average Bonchev–Trinajstić information content (AvgIpc) is 3.39. The van der Waals surface area contributed by atoms with Gasteiger partial charge in [-0.15, -0.1) is 0 Å². The van der Waals surface area contributed by atoms with Gasteiger partial charge in [-0.25, -0.2) is 4.79 Å². The molecule has 2 unspecified atom stereocenters. The van der Waals surface area contributed by atoms with Gasteiger partial charge in [-0.05, 0) is 37.2 Å². The highest BCUT2D eigenvalue weighted by molar-refractivity contribution is 6.09. The highest BCUT2D eigenvalue weighted by atomic mass is 16.2. The van der Waals surface area contributed by atoms with E-state index >= 15 is 0 Å². The van der Waals surface area contributed by atoms with Crippen LogP contribution in [0.25, 0.3) is 0 Å². The van der Waals surface area contributed by atoms with Gasteiger partial charge in [0.25, 0.3) is 5.91 Å². The first-order chi connectivity index (χ1) is 11.8. The van der Waals surface area contributed by atoms with Crippen LogP contribution in [0.5, 0.6) is 0 Å². The molecule has 0 aromatic heterocycles. The summed E-state index contributed by atoms with van der Waals surface area (Å²) in [6.07, 6.45) is 1.87. The summed E-state index contributed by atoms with van der Waals surface area (Å²) in [6.45, 7) is 5.55. The van der Waals surface area contributed by atoms with Gasteiger partial charge in [0.1, 0.15) is 12.1 Å². The van der Waals surface area contributed by atoms with E-state index in [0.717, 1.165) is 23.3 Å². The molecule has 1 aliphatic carbocycles. The van der Waals surface area contributed by atoms with E-state index < -0.39 is 11.6 Å². The highest BCUT2D eigenvalue weighted by Gasteiger charge is 2.56. The van der Waals surface area contributed by atoms with E-state index in [1.54, 1.807) is 6.92 Å². The molecule has 1 saturated heterocycles. The number of carbonyl (C=O) groups is 3. The third kappa shape index (κ3) is 3.38. The molecule has 25 heavy (non-hydrogen) atoms. The van der Waals surface area contributed by atoms with Gasteiger partial charge < -0.3 is 10.6 Å². The molecule has 1 aromatic carbocycles. The minimum absolute atomic E-state index is 0.163. The smallest absolute Gasteiger partial charge is 0.325 e. The number of rotatable bonds is 6. The second-order valence-electron chi connectivity index (χ2n) is 7.50. The fraction of sp³-hybridized carbons (Fsp3) is 0.526. The van der Waals surface area contributed by atoms with E-state index in [-0.39, 0.29) is 36.2 Å². The summed E-state index contributed by atoms with van der Waals surface area (Å²) in [6, 6.07) is 9.06. The van der Waals surface area contributed by atoms with Crippen LogP contribution in [-0.2, 0) is 9.59 Å². The van der Waals surface area contributed by atoms with E-state index in [2.05, 4.69) is 10.6 Å². The quantitative estimate of drug-likeness (QED) is 0.778. The number of nitrogens with one attached hydrogen (secondary N) is 2. The van der Waals surface area contributed by atoms with Gasteiger partial charge in [-0.3, -0.25) is 14.5 Å². The lowest BCUT2D eigenvalue weighted by Gasteiger charge is -2.24. The van der Waals surface area contributed by atoms with Gasteiger partial charge in [-0.1, -0.05) is 44.2 Å². The number of urea groups is 1. The van der Waals surface area contributed by atoms with Gasteiger partial charge in [0.15, 0.2) is 0 Å². The SMILES string of the molecule is CC(C)C(NC(=O)CN1C(=O)NC(C)(C2CC2)C1=O)c1ccccc1. The van der Waals surface area contributed by atoms with Crippen LogP contribution in [0.2, 0.25) is 0 Å². The summed E-state index contributed by atoms with van der Waals surface area (Å²) < 4.78 is 0. The van der Waals surface area contributed by atoms with Crippen LogP contribution in [0, 0.1) is 11.8 Å². The minimum atomic E-state index is -0.853. The van der Waals surface area contributed by atoms with Crippen molar-refractivity contribution in [2.45, 2.75) is 45.2 Å². The first-order valence-electron chi connectivity index (χ1n) is 8.81. The Morgan fingerprint density at radius 2 is 1.92 bits per heavy atom. The number of imide groups is 1. The van der Waals surface area contributed by atoms with Crippen molar-refractivity contribution in [1.29, 1.82) is 0 Å².